The van der Waals surface area contributed by atoms with E-state index < -0.39 is 0 Å². The highest BCUT2D eigenvalue weighted by Gasteiger charge is 2.21. The molecule has 1 N–H and O–H groups in total. The van der Waals surface area contributed by atoms with E-state index in [-0.39, 0.29) is 0 Å². The highest BCUT2D eigenvalue weighted by atomic mass is 16.5. The zero-order valence-corrected chi connectivity index (χ0v) is 15.8. The summed E-state index contributed by atoms with van der Waals surface area (Å²) in [5.74, 6) is 0.954. The van der Waals surface area contributed by atoms with Gasteiger partial charge in [0.25, 0.3) is 0 Å². The number of piperidine rings is 1. The minimum absolute atomic E-state index is 0.394. The van der Waals surface area contributed by atoms with Gasteiger partial charge in [-0.05, 0) is 25.3 Å². The summed E-state index contributed by atoms with van der Waals surface area (Å²) in [6.45, 7) is 6.35. The second-order valence-corrected chi connectivity index (χ2v) is 6.57. The van der Waals surface area contributed by atoms with Crippen LogP contribution in [0.3, 0.4) is 0 Å². The maximum atomic E-state index is 5.73. The van der Waals surface area contributed by atoms with Gasteiger partial charge in [-0.3, -0.25) is 9.67 Å². The van der Waals surface area contributed by atoms with E-state index in [0.717, 1.165) is 57.2 Å². The molecule has 1 aliphatic heterocycles. The summed E-state index contributed by atoms with van der Waals surface area (Å²) in [4.78, 5) is 6.75. The molecule has 140 valence electrons. The first kappa shape index (κ1) is 18.5. The van der Waals surface area contributed by atoms with Crippen molar-refractivity contribution in [3.05, 3.63) is 53.9 Å². The number of nitrogens with zero attached hydrogens (tertiary/aromatic N) is 4. The predicted molar refractivity (Wildman–Crippen MR) is 104 cm³/mol. The Morgan fingerprint density at radius 3 is 2.69 bits per heavy atom. The number of aromatic nitrogens is 2. The van der Waals surface area contributed by atoms with E-state index >= 15 is 0 Å². The normalized spacial score (nSPS) is 16.1. The van der Waals surface area contributed by atoms with Gasteiger partial charge in [0.2, 0.25) is 0 Å². The van der Waals surface area contributed by atoms with E-state index in [2.05, 4.69) is 57.7 Å². The minimum atomic E-state index is 0.394. The van der Waals surface area contributed by atoms with Crippen LogP contribution in [0.5, 0.6) is 0 Å². The highest BCUT2D eigenvalue weighted by Crippen LogP contribution is 2.14. The average molecular weight is 355 g/mol. The third-order valence-electron chi connectivity index (χ3n) is 4.68. The molecule has 0 saturated carbocycles. The molecule has 1 aromatic carbocycles. The maximum Gasteiger partial charge on any atom is 0.193 e. The van der Waals surface area contributed by atoms with E-state index in [1.54, 1.807) is 0 Å². The number of likely N-dealkylation sites (tertiary alicyclic amines) is 1. The van der Waals surface area contributed by atoms with Crippen LogP contribution in [-0.2, 0) is 17.8 Å². The number of hydrogen-bond acceptors (Lipinski definition) is 3. The molecule has 1 fully saturated rings. The molecule has 1 aliphatic rings. The van der Waals surface area contributed by atoms with Crippen LogP contribution in [0.25, 0.3) is 0 Å². The Morgan fingerprint density at radius 1 is 1.23 bits per heavy atom. The van der Waals surface area contributed by atoms with Crippen molar-refractivity contribution in [3.8, 4) is 0 Å². The van der Waals surface area contributed by atoms with E-state index in [4.69, 9.17) is 4.74 Å². The van der Waals surface area contributed by atoms with E-state index in [0.29, 0.717) is 6.10 Å². The number of benzene rings is 1. The number of guanidine groups is 1. The van der Waals surface area contributed by atoms with E-state index in [1.807, 2.05) is 24.0 Å². The van der Waals surface area contributed by atoms with Gasteiger partial charge in [0.15, 0.2) is 5.96 Å². The van der Waals surface area contributed by atoms with Crippen LogP contribution in [0, 0.1) is 0 Å². The second-order valence-electron chi connectivity index (χ2n) is 6.57. The fourth-order valence-corrected chi connectivity index (χ4v) is 3.34. The molecule has 6 heteroatoms. The van der Waals surface area contributed by atoms with Crippen LogP contribution < -0.4 is 5.32 Å². The summed E-state index contributed by atoms with van der Waals surface area (Å²) >= 11 is 0. The Bertz CT molecular complexity index is 689. The maximum absolute atomic E-state index is 5.73. The first-order valence-corrected chi connectivity index (χ1v) is 9.41. The molecule has 1 saturated heterocycles. The third kappa shape index (κ3) is 5.08. The first-order chi connectivity index (χ1) is 12.8. The van der Waals surface area contributed by atoms with Crippen molar-refractivity contribution >= 4 is 5.96 Å². The van der Waals surface area contributed by atoms with Crippen molar-refractivity contribution in [3.63, 3.8) is 0 Å². The number of ether oxygens (including phenoxy) is 1. The van der Waals surface area contributed by atoms with Gasteiger partial charge in [-0.25, -0.2) is 0 Å². The van der Waals surface area contributed by atoms with Crippen LogP contribution in [-0.4, -0.2) is 53.5 Å². The molecule has 26 heavy (non-hydrogen) atoms. The molecule has 0 radical (unpaired) electrons. The minimum Gasteiger partial charge on any atom is -0.378 e. The van der Waals surface area contributed by atoms with Crippen molar-refractivity contribution in [2.75, 3.05) is 26.7 Å². The van der Waals surface area contributed by atoms with Gasteiger partial charge in [0.05, 0.1) is 18.8 Å². The van der Waals surface area contributed by atoms with Crippen LogP contribution in [0.1, 0.15) is 30.9 Å². The molecular weight excluding hydrogens is 326 g/mol. The lowest BCUT2D eigenvalue weighted by molar-refractivity contribution is 0.0263. The molecule has 0 aliphatic carbocycles. The summed E-state index contributed by atoms with van der Waals surface area (Å²) < 4.78 is 7.70. The number of rotatable bonds is 6. The predicted octanol–water partition coefficient (Wildman–Crippen LogP) is 2.51. The van der Waals surface area contributed by atoms with Gasteiger partial charge in [0, 0.05) is 45.0 Å². The third-order valence-corrected chi connectivity index (χ3v) is 4.68. The van der Waals surface area contributed by atoms with Crippen LogP contribution >= 0.6 is 0 Å². The quantitative estimate of drug-likeness (QED) is 0.639. The topological polar surface area (TPSA) is 54.7 Å². The molecular formula is C20H29N5O. The van der Waals surface area contributed by atoms with Gasteiger partial charge in [-0.2, -0.15) is 5.10 Å². The largest absolute Gasteiger partial charge is 0.378 e. The lowest BCUT2D eigenvalue weighted by Crippen LogP contribution is -2.46. The summed E-state index contributed by atoms with van der Waals surface area (Å²) in [7, 11) is 1.84. The smallest absolute Gasteiger partial charge is 0.193 e. The molecule has 0 atom stereocenters. The summed E-state index contributed by atoms with van der Waals surface area (Å²) in [6.07, 6.45) is 6.53. The molecule has 1 aromatic heterocycles. The number of hydrogen-bond donors (Lipinski definition) is 1. The lowest BCUT2D eigenvalue weighted by atomic mass is 10.1. The standard InChI is InChI=1S/C20H29N5O/c1-3-26-19-9-11-24(12-10-19)20(21-2)22-13-18-14-23-25(16-18)15-17-7-5-4-6-8-17/h4-8,14,16,19H,3,9-13,15H2,1-2H3,(H,21,22). The summed E-state index contributed by atoms with van der Waals surface area (Å²) in [5.41, 5.74) is 2.41. The number of nitrogens with one attached hydrogen (secondary N) is 1. The summed E-state index contributed by atoms with van der Waals surface area (Å²) in [5, 5.41) is 7.93. The van der Waals surface area contributed by atoms with Gasteiger partial charge < -0.3 is 15.0 Å². The van der Waals surface area contributed by atoms with Gasteiger partial charge >= 0.3 is 0 Å². The molecule has 0 bridgehead atoms. The zero-order valence-electron chi connectivity index (χ0n) is 15.8. The van der Waals surface area contributed by atoms with E-state index in [1.165, 1.54) is 5.56 Å². The van der Waals surface area contributed by atoms with Crippen molar-refractivity contribution in [1.82, 2.24) is 20.0 Å². The Balaban J connectivity index is 1.49. The molecule has 2 heterocycles. The fraction of sp³-hybridized carbons (Fsp3) is 0.500. The Kier molecular flexibility index (Phi) is 6.66. The zero-order chi connectivity index (χ0) is 18.2. The first-order valence-electron chi connectivity index (χ1n) is 9.41. The average Bonchev–Trinajstić information content (AvgIpc) is 3.12. The molecule has 0 spiro atoms. The molecule has 3 rings (SSSR count). The van der Waals surface area contributed by atoms with Gasteiger partial charge in [-0.15, -0.1) is 0 Å². The van der Waals surface area contributed by atoms with Crippen molar-refractivity contribution in [1.29, 1.82) is 0 Å². The van der Waals surface area contributed by atoms with Crippen LogP contribution in [0.15, 0.2) is 47.7 Å². The molecule has 6 nitrogen and oxygen atoms in total. The van der Waals surface area contributed by atoms with Crippen LogP contribution in [0.2, 0.25) is 0 Å². The van der Waals surface area contributed by atoms with Crippen molar-refractivity contribution in [2.24, 2.45) is 4.99 Å². The summed E-state index contributed by atoms with van der Waals surface area (Å²) in [6, 6.07) is 10.4. The Hall–Kier alpha value is -2.34. The number of aliphatic imine (C=N–C) groups is 1. The highest BCUT2D eigenvalue weighted by molar-refractivity contribution is 5.79. The van der Waals surface area contributed by atoms with Gasteiger partial charge in [0.1, 0.15) is 0 Å². The monoisotopic (exact) mass is 355 g/mol. The van der Waals surface area contributed by atoms with Crippen molar-refractivity contribution < 1.29 is 4.74 Å². The van der Waals surface area contributed by atoms with Crippen molar-refractivity contribution in [2.45, 2.75) is 39.0 Å². The fourth-order valence-electron chi connectivity index (χ4n) is 3.34. The van der Waals surface area contributed by atoms with E-state index in [9.17, 15) is 0 Å². The molecule has 0 amide bonds. The second kappa shape index (κ2) is 9.38. The Labute approximate surface area is 155 Å². The van der Waals surface area contributed by atoms with Gasteiger partial charge in [-0.1, -0.05) is 30.3 Å². The molecule has 2 aromatic rings. The Morgan fingerprint density at radius 2 is 2.00 bits per heavy atom. The molecule has 0 unspecified atom stereocenters. The SMILES string of the molecule is CCOC1CCN(C(=NC)NCc2cnn(Cc3ccccc3)c2)CC1. The lowest BCUT2D eigenvalue weighted by Gasteiger charge is -2.34. The van der Waals surface area contributed by atoms with Crippen LogP contribution in [0.4, 0.5) is 0 Å².